The number of hydrogen-bond acceptors (Lipinski definition) is 5. The van der Waals surface area contributed by atoms with Gasteiger partial charge < -0.3 is 16.4 Å². The van der Waals surface area contributed by atoms with E-state index in [1.165, 1.54) is 25.9 Å². The summed E-state index contributed by atoms with van der Waals surface area (Å²) in [6.45, 7) is 2.50. The highest BCUT2D eigenvalue weighted by Crippen LogP contribution is 2.20. The van der Waals surface area contributed by atoms with Crippen molar-refractivity contribution in [2.45, 2.75) is 12.8 Å². The molecule has 1 fully saturated rings. The fourth-order valence-electron chi connectivity index (χ4n) is 1.71. The number of hydrogen-bond donors (Lipinski definition) is 3. The van der Waals surface area contributed by atoms with Crippen molar-refractivity contribution in [2.24, 2.45) is 0 Å². The summed E-state index contributed by atoms with van der Waals surface area (Å²) in [4.78, 5) is 4.28. The predicted molar refractivity (Wildman–Crippen MR) is 76.7 cm³/mol. The third-order valence-corrected chi connectivity index (χ3v) is 3.23. The van der Waals surface area contributed by atoms with Gasteiger partial charge in [0.1, 0.15) is 11.6 Å². The second-order valence-electron chi connectivity index (χ2n) is 4.00. The first kappa shape index (κ1) is 13.1. The van der Waals surface area contributed by atoms with Gasteiger partial charge in [0.15, 0.2) is 5.65 Å². The van der Waals surface area contributed by atoms with E-state index in [0.29, 0.717) is 11.5 Å². The molecule has 0 atom stereocenters. The molecule has 0 radical (unpaired) electrons. The van der Waals surface area contributed by atoms with E-state index in [4.69, 9.17) is 5.73 Å². The number of nitrogens with one attached hydrogen (secondary N) is 2. The normalized spacial score (nSPS) is 14.3. The molecule has 18 heavy (non-hydrogen) atoms. The molecule has 2 aromatic heterocycles. The van der Waals surface area contributed by atoms with E-state index < -0.39 is 0 Å². The van der Waals surface area contributed by atoms with E-state index >= 15 is 0 Å². The number of aromatic nitrogens is 3. The fourth-order valence-corrected chi connectivity index (χ4v) is 2.06. The van der Waals surface area contributed by atoms with Crippen LogP contribution in [0.15, 0.2) is 16.7 Å². The summed E-state index contributed by atoms with van der Waals surface area (Å²) in [7, 11) is 1.79. The number of halogens is 1. The van der Waals surface area contributed by atoms with Gasteiger partial charge in [0, 0.05) is 13.1 Å². The van der Waals surface area contributed by atoms with Gasteiger partial charge in [-0.3, -0.25) is 0 Å². The van der Waals surface area contributed by atoms with Gasteiger partial charge in [-0.1, -0.05) is 0 Å². The quantitative estimate of drug-likeness (QED) is 0.743. The molecule has 0 aromatic carbocycles. The van der Waals surface area contributed by atoms with Crippen LogP contribution >= 0.6 is 15.9 Å². The van der Waals surface area contributed by atoms with Crippen LogP contribution in [0.3, 0.4) is 0 Å². The Morgan fingerprint density at radius 1 is 1.44 bits per heavy atom. The molecule has 3 heterocycles. The average Bonchev–Trinajstić information content (AvgIpc) is 3.03. The molecule has 98 valence electrons. The van der Waals surface area contributed by atoms with Crippen molar-refractivity contribution in [3.63, 3.8) is 0 Å². The van der Waals surface area contributed by atoms with Crippen LogP contribution in [0.25, 0.3) is 5.65 Å². The monoisotopic (exact) mass is 312 g/mol. The van der Waals surface area contributed by atoms with Crippen molar-refractivity contribution < 1.29 is 0 Å². The minimum Gasteiger partial charge on any atom is -0.383 e. The molecule has 2 aromatic rings. The third kappa shape index (κ3) is 2.91. The van der Waals surface area contributed by atoms with Gasteiger partial charge in [-0.05, 0) is 41.9 Å². The first-order chi connectivity index (χ1) is 8.72. The summed E-state index contributed by atoms with van der Waals surface area (Å²) in [5.74, 6) is 1.28. The van der Waals surface area contributed by atoms with Crippen molar-refractivity contribution in [3.05, 3.63) is 16.7 Å². The standard InChI is InChI=1S/C7H8BrN5.C4H9N/c1-10-6-2-5(9)13-7(12-6)4(8)3-11-13;1-2-4-5-3-1/h2-3H,9H2,1H3,(H,10,12);5H,1-4H2. The fraction of sp³-hybridized carbons (Fsp3) is 0.455. The molecule has 0 saturated carbocycles. The SMILES string of the molecule is C1CCNC1.CNc1cc(N)n2ncc(Br)c2n1. The van der Waals surface area contributed by atoms with Crippen molar-refractivity contribution in [1.29, 1.82) is 0 Å². The van der Waals surface area contributed by atoms with Crippen LogP contribution in [-0.2, 0) is 0 Å². The van der Waals surface area contributed by atoms with Crippen molar-refractivity contribution >= 4 is 33.2 Å². The van der Waals surface area contributed by atoms with Crippen LogP contribution in [0.2, 0.25) is 0 Å². The molecule has 3 rings (SSSR count). The summed E-state index contributed by atoms with van der Waals surface area (Å²) in [6, 6.07) is 1.73. The highest BCUT2D eigenvalue weighted by Gasteiger charge is 2.06. The maximum atomic E-state index is 5.75. The van der Waals surface area contributed by atoms with E-state index in [1.807, 2.05) is 0 Å². The summed E-state index contributed by atoms with van der Waals surface area (Å²) in [6.07, 6.45) is 4.44. The van der Waals surface area contributed by atoms with E-state index in [2.05, 4.69) is 36.6 Å². The molecule has 0 bridgehead atoms. The molecule has 4 N–H and O–H groups in total. The molecule has 1 aliphatic heterocycles. The van der Waals surface area contributed by atoms with Gasteiger partial charge in [-0.2, -0.15) is 9.61 Å². The molecule has 0 spiro atoms. The van der Waals surface area contributed by atoms with Gasteiger partial charge in [0.05, 0.1) is 10.7 Å². The number of rotatable bonds is 1. The van der Waals surface area contributed by atoms with E-state index in [9.17, 15) is 0 Å². The molecule has 1 aliphatic rings. The second kappa shape index (κ2) is 6.01. The predicted octanol–water partition coefficient (Wildman–Crippen LogP) is 1.49. The summed E-state index contributed by atoms with van der Waals surface area (Å²) < 4.78 is 2.40. The summed E-state index contributed by atoms with van der Waals surface area (Å²) >= 11 is 3.34. The molecule has 0 amide bonds. The average molecular weight is 313 g/mol. The third-order valence-electron chi connectivity index (χ3n) is 2.67. The van der Waals surface area contributed by atoms with E-state index in [1.54, 1.807) is 23.8 Å². The first-order valence-corrected chi connectivity index (χ1v) is 6.70. The summed E-state index contributed by atoms with van der Waals surface area (Å²) in [5, 5.41) is 10.2. The Morgan fingerprint density at radius 2 is 2.17 bits per heavy atom. The lowest BCUT2D eigenvalue weighted by molar-refractivity contribution is 0.857. The first-order valence-electron chi connectivity index (χ1n) is 5.90. The number of nitrogen functional groups attached to an aromatic ring is 1. The lowest BCUT2D eigenvalue weighted by atomic mass is 10.4. The maximum absolute atomic E-state index is 5.75. The Balaban J connectivity index is 0.000000202. The summed E-state index contributed by atoms with van der Waals surface area (Å²) in [5.41, 5.74) is 6.46. The number of nitrogens with two attached hydrogens (primary N) is 1. The second-order valence-corrected chi connectivity index (χ2v) is 4.86. The van der Waals surface area contributed by atoms with Gasteiger partial charge in [-0.25, -0.2) is 4.98 Å². The molecule has 6 nitrogen and oxygen atoms in total. The van der Waals surface area contributed by atoms with E-state index in [-0.39, 0.29) is 0 Å². The van der Waals surface area contributed by atoms with Crippen LogP contribution in [0, 0.1) is 0 Å². The Hall–Kier alpha value is -1.34. The van der Waals surface area contributed by atoms with Crippen LogP contribution < -0.4 is 16.4 Å². The molecule has 0 unspecified atom stereocenters. The van der Waals surface area contributed by atoms with Crippen LogP contribution in [0.1, 0.15) is 12.8 Å². The molecular formula is C11H17BrN6. The molecular weight excluding hydrogens is 296 g/mol. The van der Waals surface area contributed by atoms with Crippen LogP contribution in [0.4, 0.5) is 11.6 Å². The lowest BCUT2D eigenvalue weighted by Crippen LogP contribution is -2.03. The lowest BCUT2D eigenvalue weighted by Gasteiger charge is -2.02. The highest BCUT2D eigenvalue weighted by molar-refractivity contribution is 9.10. The Kier molecular flexibility index (Phi) is 4.38. The minimum atomic E-state index is 0.556. The topological polar surface area (TPSA) is 80.3 Å². The number of fused-ring (bicyclic) bond motifs is 1. The zero-order valence-corrected chi connectivity index (χ0v) is 11.9. The zero-order valence-electron chi connectivity index (χ0n) is 10.3. The molecule has 1 saturated heterocycles. The number of nitrogens with zero attached hydrogens (tertiary/aromatic N) is 3. The highest BCUT2D eigenvalue weighted by atomic mass is 79.9. The van der Waals surface area contributed by atoms with Gasteiger partial charge >= 0.3 is 0 Å². The van der Waals surface area contributed by atoms with Crippen LogP contribution in [-0.4, -0.2) is 34.7 Å². The minimum absolute atomic E-state index is 0.556. The Bertz CT molecular complexity index is 512. The van der Waals surface area contributed by atoms with Crippen LogP contribution in [0.5, 0.6) is 0 Å². The largest absolute Gasteiger partial charge is 0.383 e. The Morgan fingerprint density at radius 3 is 2.72 bits per heavy atom. The molecule has 7 heteroatoms. The number of anilines is 2. The maximum Gasteiger partial charge on any atom is 0.173 e. The van der Waals surface area contributed by atoms with Crippen molar-refractivity contribution in [3.8, 4) is 0 Å². The van der Waals surface area contributed by atoms with Gasteiger partial charge in [0.2, 0.25) is 0 Å². The molecule has 0 aliphatic carbocycles. The smallest absolute Gasteiger partial charge is 0.173 e. The van der Waals surface area contributed by atoms with Gasteiger partial charge in [-0.15, -0.1) is 0 Å². The van der Waals surface area contributed by atoms with Gasteiger partial charge in [0.25, 0.3) is 0 Å². The zero-order chi connectivity index (χ0) is 13.0. The van der Waals surface area contributed by atoms with E-state index in [0.717, 1.165) is 10.3 Å². The Labute approximate surface area is 114 Å². The van der Waals surface area contributed by atoms with Crippen molar-refractivity contribution in [2.75, 3.05) is 31.2 Å². The van der Waals surface area contributed by atoms with Crippen molar-refractivity contribution in [1.82, 2.24) is 19.9 Å².